The first-order valence-corrected chi connectivity index (χ1v) is 15.9. The van der Waals surface area contributed by atoms with Crippen molar-refractivity contribution in [2.75, 3.05) is 13.2 Å². The number of benzene rings is 5. The predicted octanol–water partition coefficient (Wildman–Crippen LogP) is 10.9. The zero-order valence-corrected chi connectivity index (χ0v) is 27.8. The Morgan fingerprint density at radius 3 is 1.35 bits per heavy atom. The lowest BCUT2D eigenvalue weighted by Crippen LogP contribution is -2.16. The molecular weight excluding hydrogens is 690 g/mol. The average molecular weight is 723 g/mol. The van der Waals surface area contributed by atoms with Gasteiger partial charge in [-0.15, -0.1) is 26.3 Å². The van der Waals surface area contributed by atoms with E-state index >= 15 is 0 Å². The summed E-state index contributed by atoms with van der Waals surface area (Å²) in [5, 5.41) is 8.93. The maximum absolute atomic E-state index is 12.6. The molecule has 0 heterocycles. The summed E-state index contributed by atoms with van der Waals surface area (Å²) in [6, 6.07) is 31.3. The van der Waals surface area contributed by atoms with Gasteiger partial charge < -0.3 is 24.1 Å². The van der Waals surface area contributed by atoms with Crippen LogP contribution in [0.25, 0.3) is 27.8 Å². The minimum absolute atomic E-state index is 0.200. The van der Waals surface area contributed by atoms with Gasteiger partial charge in [0.15, 0.2) is 6.61 Å². The minimum Gasteiger partial charge on any atom is -0.489 e. The monoisotopic (exact) mass is 722 g/mol. The highest BCUT2D eigenvalue weighted by molar-refractivity contribution is 5.84. The van der Waals surface area contributed by atoms with Gasteiger partial charge in [0.25, 0.3) is 0 Å². The molecule has 0 radical (unpaired) electrons. The third-order valence-corrected chi connectivity index (χ3v) is 7.88. The van der Waals surface area contributed by atoms with Crippen molar-refractivity contribution in [1.82, 2.24) is 0 Å². The number of aliphatic carboxylic acids is 1. The molecule has 0 aromatic heterocycles. The Labute approximate surface area is 295 Å². The van der Waals surface area contributed by atoms with Gasteiger partial charge in [0.1, 0.15) is 29.6 Å². The van der Waals surface area contributed by atoms with Crippen molar-refractivity contribution in [3.8, 4) is 45.3 Å². The van der Waals surface area contributed by atoms with Crippen LogP contribution in [-0.2, 0) is 4.79 Å². The van der Waals surface area contributed by atoms with E-state index in [1.165, 1.54) is 24.3 Å². The van der Waals surface area contributed by atoms with Gasteiger partial charge in [-0.3, -0.25) is 0 Å². The lowest BCUT2D eigenvalue weighted by molar-refractivity contribution is -0.275. The molecule has 52 heavy (non-hydrogen) atoms. The number of carbonyl (C=O) groups is 1. The van der Waals surface area contributed by atoms with E-state index in [0.29, 0.717) is 34.6 Å². The average Bonchev–Trinajstić information content (AvgIpc) is 3.09. The number of ether oxygens (including phenoxy) is 4. The van der Waals surface area contributed by atoms with Gasteiger partial charge in [-0.25, -0.2) is 4.79 Å². The Morgan fingerprint density at radius 1 is 0.577 bits per heavy atom. The molecule has 0 spiro atoms. The molecular formula is C40H32F6O6. The van der Waals surface area contributed by atoms with E-state index < -0.39 is 25.3 Å². The maximum Gasteiger partial charge on any atom is 0.573 e. The molecule has 1 N–H and O–H groups in total. The van der Waals surface area contributed by atoms with Crippen LogP contribution in [0.3, 0.4) is 0 Å². The Hall–Kier alpha value is -5.91. The van der Waals surface area contributed by atoms with Gasteiger partial charge in [-0.05, 0) is 106 Å². The summed E-state index contributed by atoms with van der Waals surface area (Å²) in [7, 11) is 0. The van der Waals surface area contributed by atoms with Gasteiger partial charge in [0.2, 0.25) is 0 Å². The second-order valence-corrected chi connectivity index (χ2v) is 11.5. The highest BCUT2D eigenvalue weighted by Crippen LogP contribution is 2.34. The fourth-order valence-corrected chi connectivity index (χ4v) is 5.47. The molecule has 270 valence electrons. The van der Waals surface area contributed by atoms with Crippen LogP contribution in [-0.4, -0.2) is 37.0 Å². The number of halogens is 6. The highest BCUT2D eigenvalue weighted by Gasteiger charge is 2.31. The van der Waals surface area contributed by atoms with Gasteiger partial charge in [0, 0.05) is 0 Å². The van der Waals surface area contributed by atoms with E-state index in [9.17, 15) is 31.1 Å². The number of aryl methyl sites for hydroxylation is 1. The summed E-state index contributed by atoms with van der Waals surface area (Å²) >= 11 is 0. The minimum atomic E-state index is -4.79. The summed E-state index contributed by atoms with van der Waals surface area (Å²) in [6.07, 6.45) is -8.99. The second kappa shape index (κ2) is 16.0. The number of hydrogen-bond acceptors (Lipinski definition) is 5. The fourth-order valence-electron chi connectivity index (χ4n) is 5.47. The molecule has 0 aliphatic rings. The molecule has 0 unspecified atom stereocenters. The number of hydrogen-bond donors (Lipinski definition) is 1. The highest BCUT2D eigenvalue weighted by atomic mass is 19.4. The molecule has 0 saturated heterocycles. The van der Waals surface area contributed by atoms with E-state index in [2.05, 4.69) is 9.47 Å². The van der Waals surface area contributed by atoms with Crippen molar-refractivity contribution in [3.63, 3.8) is 0 Å². The summed E-state index contributed by atoms with van der Waals surface area (Å²) in [6.45, 7) is 3.50. The largest absolute Gasteiger partial charge is 0.573 e. The van der Waals surface area contributed by atoms with E-state index in [1.54, 1.807) is 49.4 Å². The van der Waals surface area contributed by atoms with Crippen LogP contribution in [0.1, 0.15) is 30.0 Å². The third-order valence-electron chi connectivity index (χ3n) is 7.88. The second-order valence-electron chi connectivity index (χ2n) is 11.5. The lowest BCUT2D eigenvalue weighted by atomic mass is 9.90. The molecule has 5 aromatic rings. The molecule has 0 saturated carbocycles. The molecule has 12 heteroatoms. The molecule has 0 amide bonds. The first kappa shape index (κ1) is 37.3. The Bertz CT molecular complexity index is 1890. The van der Waals surface area contributed by atoms with Crippen molar-refractivity contribution < 1.29 is 55.2 Å². The summed E-state index contributed by atoms with van der Waals surface area (Å²) in [4.78, 5) is 10.9. The SMILES string of the molecule is CCC(COc1ccc(OCC(=O)O)c(C)c1)=C(c1ccc(-c2ccc(OC(F)(F)F)cc2)cc1)c1ccc(-c2ccc(OC(F)(F)F)cc2)cc1. The quantitative estimate of drug-likeness (QED) is 0.122. The molecule has 6 nitrogen and oxygen atoms in total. The third kappa shape index (κ3) is 10.3. The van der Waals surface area contributed by atoms with Crippen LogP contribution in [0, 0.1) is 6.92 Å². The zero-order chi connectivity index (χ0) is 37.5. The first-order valence-electron chi connectivity index (χ1n) is 15.9. The number of alkyl halides is 6. The molecule has 5 aromatic carbocycles. The number of carboxylic acid groups (broad SMARTS) is 1. The lowest BCUT2D eigenvalue weighted by Gasteiger charge is -2.18. The molecule has 0 atom stereocenters. The van der Waals surface area contributed by atoms with Crippen LogP contribution in [0.15, 0.2) is 121 Å². The van der Waals surface area contributed by atoms with E-state index in [0.717, 1.165) is 33.4 Å². The van der Waals surface area contributed by atoms with Crippen LogP contribution in [0.4, 0.5) is 26.3 Å². The van der Waals surface area contributed by atoms with Crippen LogP contribution >= 0.6 is 0 Å². The van der Waals surface area contributed by atoms with E-state index in [1.807, 2.05) is 55.5 Å². The summed E-state index contributed by atoms with van der Waals surface area (Å²) in [5.74, 6) is -0.762. The standard InChI is InChI=1S/C40H32F6O6/c1-3-26(23-49-35-20-21-36(25(2)22-35)50-24-37(47)48)38(31-8-4-27(5-9-31)29-12-16-33(17-13-29)51-39(41,42)43)32-10-6-28(7-11-32)30-14-18-34(19-15-30)52-40(44,45)46/h4-22H,3,23-24H2,1-2H3,(H,47,48). The van der Waals surface area contributed by atoms with E-state index in [-0.39, 0.29) is 18.1 Å². The van der Waals surface area contributed by atoms with Crippen molar-refractivity contribution in [2.45, 2.75) is 33.0 Å². The van der Waals surface area contributed by atoms with Crippen molar-refractivity contribution in [2.24, 2.45) is 0 Å². The fraction of sp³-hybridized carbons (Fsp3) is 0.175. The van der Waals surface area contributed by atoms with Crippen molar-refractivity contribution in [3.05, 3.63) is 138 Å². The predicted molar refractivity (Wildman–Crippen MR) is 183 cm³/mol. The Kier molecular flexibility index (Phi) is 11.5. The number of rotatable bonds is 13. The molecule has 0 bridgehead atoms. The molecule has 0 aliphatic carbocycles. The van der Waals surface area contributed by atoms with Gasteiger partial charge in [0.05, 0.1) is 0 Å². The normalized spacial score (nSPS) is 11.5. The summed E-state index contributed by atoms with van der Waals surface area (Å²) < 4.78 is 95.3. The van der Waals surface area contributed by atoms with E-state index in [4.69, 9.17) is 14.6 Å². The van der Waals surface area contributed by atoms with Crippen LogP contribution in [0.5, 0.6) is 23.0 Å². The van der Waals surface area contributed by atoms with Crippen LogP contribution in [0.2, 0.25) is 0 Å². The zero-order valence-electron chi connectivity index (χ0n) is 27.8. The molecule has 0 aliphatic heterocycles. The van der Waals surface area contributed by atoms with Gasteiger partial charge >= 0.3 is 18.7 Å². The van der Waals surface area contributed by atoms with Gasteiger partial charge in [-0.1, -0.05) is 79.7 Å². The Morgan fingerprint density at radius 2 is 0.981 bits per heavy atom. The smallest absolute Gasteiger partial charge is 0.489 e. The Balaban J connectivity index is 1.45. The molecule has 0 fully saturated rings. The van der Waals surface area contributed by atoms with Crippen molar-refractivity contribution >= 4 is 11.5 Å². The maximum atomic E-state index is 12.6. The van der Waals surface area contributed by atoms with Crippen molar-refractivity contribution in [1.29, 1.82) is 0 Å². The van der Waals surface area contributed by atoms with Crippen LogP contribution < -0.4 is 18.9 Å². The molecule has 5 rings (SSSR count). The van der Waals surface area contributed by atoms with Gasteiger partial charge in [-0.2, -0.15) is 0 Å². The summed E-state index contributed by atoms with van der Waals surface area (Å²) in [5.41, 5.74) is 7.11. The number of carboxylic acids is 1. The topological polar surface area (TPSA) is 74.2 Å². The first-order chi connectivity index (χ1) is 24.7.